The Balaban J connectivity index is 2.69. The van der Waals surface area contributed by atoms with Crippen LogP contribution in [-0.4, -0.2) is 29.7 Å². The molecule has 0 aliphatic carbocycles. The molecule has 0 bridgehead atoms. The summed E-state index contributed by atoms with van der Waals surface area (Å²) in [6.07, 6.45) is 1.58. The molecule has 1 heterocycles. The molecule has 5 nitrogen and oxygen atoms in total. The average Bonchev–Trinajstić information content (AvgIpc) is 2.26. The van der Waals surface area contributed by atoms with Gasteiger partial charge in [0.05, 0.1) is 18.1 Å². The number of pyridine rings is 1. The van der Waals surface area contributed by atoms with E-state index in [0.29, 0.717) is 17.9 Å². The first-order valence-electron chi connectivity index (χ1n) is 4.42. The Morgan fingerprint density at radius 2 is 2.47 bits per heavy atom. The number of carbonyl (C=O) groups is 1. The van der Waals surface area contributed by atoms with Crippen molar-refractivity contribution in [2.45, 2.75) is 6.42 Å². The second kappa shape index (κ2) is 4.96. The topological polar surface area (TPSA) is 77.2 Å². The number of nitriles is 1. The van der Waals surface area contributed by atoms with Crippen molar-refractivity contribution in [3.63, 3.8) is 0 Å². The predicted molar refractivity (Wildman–Crippen MR) is 54.5 cm³/mol. The normalized spacial score (nSPS) is 9.33. The molecule has 1 aromatic rings. The minimum absolute atomic E-state index is 0.0506. The second-order valence-corrected chi connectivity index (χ2v) is 3.08. The van der Waals surface area contributed by atoms with Gasteiger partial charge in [0, 0.05) is 19.8 Å². The first kappa shape index (κ1) is 11.0. The summed E-state index contributed by atoms with van der Waals surface area (Å²) in [5, 5.41) is 17.2. The molecule has 0 aliphatic heterocycles. The maximum atomic E-state index is 10.4. The largest absolute Gasteiger partial charge is 0.481 e. The Hall–Kier alpha value is -2.09. The first-order valence-corrected chi connectivity index (χ1v) is 4.42. The summed E-state index contributed by atoms with van der Waals surface area (Å²) < 4.78 is 0. The summed E-state index contributed by atoms with van der Waals surface area (Å²) in [6.45, 7) is 0.372. The number of carboxylic acids is 1. The van der Waals surface area contributed by atoms with Crippen LogP contribution in [0.4, 0.5) is 5.82 Å². The summed E-state index contributed by atoms with van der Waals surface area (Å²) in [6, 6.07) is 5.24. The van der Waals surface area contributed by atoms with Gasteiger partial charge in [-0.15, -0.1) is 0 Å². The van der Waals surface area contributed by atoms with Gasteiger partial charge < -0.3 is 10.0 Å². The molecule has 0 aliphatic rings. The maximum absolute atomic E-state index is 10.4. The minimum atomic E-state index is -0.849. The summed E-state index contributed by atoms with van der Waals surface area (Å²) in [5.41, 5.74) is 0.516. The molecule has 1 N–H and O–H groups in total. The lowest BCUT2D eigenvalue weighted by atomic mass is 10.3. The van der Waals surface area contributed by atoms with Crippen molar-refractivity contribution in [1.29, 1.82) is 5.26 Å². The zero-order valence-electron chi connectivity index (χ0n) is 8.34. The molecule has 0 aromatic carbocycles. The van der Waals surface area contributed by atoms with Crippen molar-refractivity contribution in [3.05, 3.63) is 23.9 Å². The zero-order chi connectivity index (χ0) is 11.3. The quantitative estimate of drug-likeness (QED) is 0.788. The van der Waals surface area contributed by atoms with E-state index in [4.69, 9.17) is 10.4 Å². The number of hydrogen-bond acceptors (Lipinski definition) is 4. The first-order chi connectivity index (χ1) is 7.13. The zero-order valence-corrected chi connectivity index (χ0v) is 8.34. The molecule has 0 saturated heterocycles. The monoisotopic (exact) mass is 205 g/mol. The van der Waals surface area contributed by atoms with Crippen molar-refractivity contribution < 1.29 is 9.90 Å². The molecule has 78 valence electrons. The molecule has 0 amide bonds. The highest BCUT2D eigenvalue weighted by atomic mass is 16.4. The molecule has 0 spiro atoms. The number of anilines is 1. The number of rotatable bonds is 4. The fraction of sp³-hybridized carbons (Fsp3) is 0.300. The van der Waals surface area contributed by atoms with E-state index in [2.05, 4.69) is 4.98 Å². The van der Waals surface area contributed by atoms with Crippen LogP contribution in [0.2, 0.25) is 0 Å². The molecule has 0 atom stereocenters. The number of aromatic nitrogens is 1. The fourth-order valence-electron chi connectivity index (χ4n) is 1.07. The van der Waals surface area contributed by atoms with Gasteiger partial charge in [0.2, 0.25) is 0 Å². The van der Waals surface area contributed by atoms with Gasteiger partial charge in [0.1, 0.15) is 5.82 Å². The van der Waals surface area contributed by atoms with Crippen molar-refractivity contribution in [3.8, 4) is 6.07 Å². The Morgan fingerprint density at radius 1 is 1.73 bits per heavy atom. The molecule has 1 aromatic heterocycles. The van der Waals surface area contributed by atoms with Gasteiger partial charge in [-0.25, -0.2) is 4.98 Å². The summed E-state index contributed by atoms with van der Waals surface area (Å²) in [4.78, 5) is 16.1. The predicted octanol–water partition coefficient (Wildman–Crippen LogP) is 0.864. The second-order valence-electron chi connectivity index (χ2n) is 3.08. The highest BCUT2D eigenvalue weighted by Gasteiger charge is 2.05. The molecule has 0 fully saturated rings. The fourth-order valence-corrected chi connectivity index (χ4v) is 1.07. The van der Waals surface area contributed by atoms with Gasteiger partial charge in [-0.1, -0.05) is 0 Å². The molecule has 5 heteroatoms. The van der Waals surface area contributed by atoms with Crippen LogP contribution in [-0.2, 0) is 4.79 Å². The van der Waals surface area contributed by atoms with Crippen molar-refractivity contribution in [1.82, 2.24) is 4.98 Å². The number of nitrogens with zero attached hydrogens (tertiary/aromatic N) is 3. The number of carboxylic acid groups (broad SMARTS) is 1. The highest BCUT2D eigenvalue weighted by Crippen LogP contribution is 2.10. The standard InChI is InChI=1S/C10H11N3O2/c1-13(5-3-10(14)15)9-6-8(7-11)2-4-12-9/h2,4,6H,3,5H2,1H3,(H,14,15). The lowest BCUT2D eigenvalue weighted by Gasteiger charge is -2.16. The Morgan fingerprint density at radius 3 is 3.07 bits per heavy atom. The molecule has 0 unspecified atom stereocenters. The molecule has 0 radical (unpaired) electrons. The smallest absolute Gasteiger partial charge is 0.305 e. The lowest BCUT2D eigenvalue weighted by molar-refractivity contribution is -0.136. The van der Waals surface area contributed by atoms with Crippen LogP contribution in [0, 0.1) is 11.3 Å². The van der Waals surface area contributed by atoms with Gasteiger partial charge in [-0.05, 0) is 12.1 Å². The van der Waals surface area contributed by atoms with Gasteiger partial charge in [-0.3, -0.25) is 4.79 Å². The van der Waals surface area contributed by atoms with Gasteiger partial charge in [-0.2, -0.15) is 5.26 Å². The highest BCUT2D eigenvalue weighted by molar-refractivity contribution is 5.67. The lowest BCUT2D eigenvalue weighted by Crippen LogP contribution is -2.21. The Labute approximate surface area is 87.6 Å². The van der Waals surface area contributed by atoms with Crippen LogP contribution in [0.25, 0.3) is 0 Å². The molecular weight excluding hydrogens is 194 g/mol. The van der Waals surface area contributed by atoms with Crippen LogP contribution in [0.5, 0.6) is 0 Å². The third-order valence-corrected chi connectivity index (χ3v) is 1.93. The third-order valence-electron chi connectivity index (χ3n) is 1.93. The Bertz CT molecular complexity index is 398. The van der Waals surface area contributed by atoms with Gasteiger partial charge in [0.25, 0.3) is 0 Å². The van der Waals surface area contributed by atoms with E-state index >= 15 is 0 Å². The molecule has 1 rings (SSSR count). The molecule has 15 heavy (non-hydrogen) atoms. The van der Waals surface area contributed by atoms with Crippen LogP contribution in [0.1, 0.15) is 12.0 Å². The Kier molecular flexibility index (Phi) is 3.63. The van der Waals surface area contributed by atoms with Crippen molar-refractivity contribution in [2.75, 3.05) is 18.5 Å². The van der Waals surface area contributed by atoms with Crippen LogP contribution in [0.3, 0.4) is 0 Å². The average molecular weight is 205 g/mol. The third kappa shape index (κ3) is 3.27. The maximum Gasteiger partial charge on any atom is 0.305 e. The van der Waals surface area contributed by atoms with Crippen LogP contribution in [0.15, 0.2) is 18.3 Å². The SMILES string of the molecule is CN(CCC(=O)O)c1cc(C#N)ccn1. The van der Waals surface area contributed by atoms with Gasteiger partial charge >= 0.3 is 5.97 Å². The van der Waals surface area contributed by atoms with E-state index in [9.17, 15) is 4.79 Å². The number of aliphatic carboxylic acids is 1. The van der Waals surface area contributed by atoms with E-state index in [0.717, 1.165) is 0 Å². The van der Waals surface area contributed by atoms with Gasteiger partial charge in [0.15, 0.2) is 0 Å². The van der Waals surface area contributed by atoms with E-state index < -0.39 is 5.97 Å². The van der Waals surface area contributed by atoms with E-state index in [1.54, 1.807) is 24.1 Å². The summed E-state index contributed by atoms with van der Waals surface area (Å²) in [7, 11) is 1.74. The molecule has 0 saturated carbocycles. The van der Waals surface area contributed by atoms with Crippen LogP contribution >= 0.6 is 0 Å². The van der Waals surface area contributed by atoms with Crippen molar-refractivity contribution in [2.24, 2.45) is 0 Å². The van der Waals surface area contributed by atoms with E-state index in [-0.39, 0.29) is 6.42 Å². The molecular formula is C10H11N3O2. The van der Waals surface area contributed by atoms with Crippen LogP contribution < -0.4 is 4.90 Å². The summed E-state index contributed by atoms with van der Waals surface area (Å²) in [5.74, 6) is -0.242. The number of hydrogen-bond donors (Lipinski definition) is 1. The van der Waals surface area contributed by atoms with Crippen molar-refractivity contribution >= 4 is 11.8 Å². The minimum Gasteiger partial charge on any atom is -0.481 e. The summed E-state index contributed by atoms with van der Waals surface area (Å²) >= 11 is 0. The van der Waals surface area contributed by atoms with E-state index in [1.165, 1.54) is 6.20 Å². The van der Waals surface area contributed by atoms with E-state index in [1.807, 2.05) is 6.07 Å².